The van der Waals surface area contributed by atoms with Crippen molar-refractivity contribution in [3.05, 3.63) is 50.0 Å². The summed E-state index contributed by atoms with van der Waals surface area (Å²) in [6, 6.07) is 3.42. The Balaban J connectivity index is 1.35. The molecule has 2 amide bonds. The van der Waals surface area contributed by atoms with Crippen molar-refractivity contribution in [2.24, 2.45) is 0 Å². The minimum atomic E-state index is -0.266. The largest absolute Gasteiger partial charge is 0.481 e. The van der Waals surface area contributed by atoms with Crippen molar-refractivity contribution < 1.29 is 14.3 Å². The second-order valence-corrected chi connectivity index (χ2v) is 9.42. The average molecular weight is 458 g/mol. The van der Waals surface area contributed by atoms with E-state index in [1.54, 1.807) is 30.8 Å². The molecule has 0 unspecified atom stereocenters. The summed E-state index contributed by atoms with van der Waals surface area (Å²) in [6.07, 6.45) is 3.21. The smallest absolute Gasteiger partial charge is 0.275 e. The summed E-state index contributed by atoms with van der Waals surface area (Å²) in [4.78, 5) is 40.9. The fourth-order valence-corrected chi connectivity index (χ4v) is 5.41. The highest BCUT2D eigenvalue weighted by Gasteiger charge is 2.28. The summed E-state index contributed by atoms with van der Waals surface area (Å²) in [5.74, 6) is 0.536. The van der Waals surface area contributed by atoms with Gasteiger partial charge >= 0.3 is 0 Å². The molecule has 1 aliphatic heterocycles. The van der Waals surface area contributed by atoms with Gasteiger partial charge in [-0.05, 0) is 32.8 Å². The van der Waals surface area contributed by atoms with Gasteiger partial charge in [0, 0.05) is 30.5 Å². The highest BCUT2D eigenvalue weighted by molar-refractivity contribution is 7.13. The van der Waals surface area contributed by atoms with Gasteiger partial charge in [-0.1, -0.05) is 0 Å². The van der Waals surface area contributed by atoms with Crippen molar-refractivity contribution in [1.82, 2.24) is 19.9 Å². The molecule has 162 valence electrons. The molecule has 4 heterocycles. The highest BCUT2D eigenvalue weighted by Crippen LogP contribution is 2.32. The van der Waals surface area contributed by atoms with E-state index in [1.807, 2.05) is 18.7 Å². The maximum atomic E-state index is 12.8. The van der Waals surface area contributed by atoms with Gasteiger partial charge in [0.25, 0.3) is 11.8 Å². The molecule has 0 aromatic carbocycles. The maximum Gasteiger partial charge on any atom is 0.275 e. The van der Waals surface area contributed by atoms with Gasteiger partial charge in [0.1, 0.15) is 10.6 Å². The van der Waals surface area contributed by atoms with Gasteiger partial charge in [-0.25, -0.2) is 15.0 Å². The number of methoxy groups -OCH3 is 1. The average Bonchev–Trinajstić information content (AvgIpc) is 3.40. The van der Waals surface area contributed by atoms with Crippen LogP contribution in [0.4, 0.5) is 5.69 Å². The van der Waals surface area contributed by atoms with E-state index in [2.05, 4.69) is 20.3 Å². The molecule has 0 aliphatic carbocycles. The summed E-state index contributed by atoms with van der Waals surface area (Å²) in [5.41, 5.74) is 1.78. The van der Waals surface area contributed by atoms with Crippen molar-refractivity contribution in [2.75, 3.05) is 25.5 Å². The van der Waals surface area contributed by atoms with E-state index >= 15 is 0 Å². The SMILES string of the molecule is COc1ccc(NC(=O)c2csc(C3CCN(C(=O)c4sc(C)nc4C)CC3)n2)cn1. The van der Waals surface area contributed by atoms with E-state index in [4.69, 9.17) is 4.74 Å². The molecule has 3 aromatic rings. The van der Waals surface area contributed by atoms with Crippen LogP contribution in [0.3, 0.4) is 0 Å². The van der Waals surface area contributed by atoms with E-state index in [0.717, 1.165) is 33.4 Å². The minimum Gasteiger partial charge on any atom is -0.481 e. The molecule has 3 aromatic heterocycles. The zero-order valence-corrected chi connectivity index (χ0v) is 19.2. The van der Waals surface area contributed by atoms with Crippen LogP contribution in [0.5, 0.6) is 5.88 Å². The lowest BCUT2D eigenvalue weighted by Crippen LogP contribution is -2.37. The number of nitrogens with zero attached hydrogens (tertiary/aromatic N) is 4. The number of nitrogens with one attached hydrogen (secondary N) is 1. The van der Waals surface area contributed by atoms with Crippen LogP contribution in [-0.2, 0) is 0 Å². The number of aromatic nitrogens is 3. The number of anilines is 1. The molecular formula is C21H23N5O3S2. The number of carbonyl (C=O) groups excluding carboxylic acids is 2. The number of likely N-dealkylation sites (tertiary alicyclic amines) is 1. The van der Waals surface area contributed by atoms with E-state index in [-0.39, 0.29) is 17.7 Å². The van der Waals surface area contributed by atoms with Crippen molar-refractivity contribution >= 4 is 40.2 Å². The number of pyridine rings is 1. The van der Waals surface area contributed by atoms with E-state index in [1.165, 1.54) is 22.7 Å². The fourth-order valence-electron chi connectivity index (χ4n) is 3.55. The summed E-state index contributed by atoms with van der Waals surface area (Å²) in [6.45, 7) is 5.16. The van der Waals surface area contributed by atoms with Gasteiger partial charge in [-0.3, -0.25) is 9.59 Å². The molecule has 0 atom stereocenters. The molecule has 8 nitrogen and oxygen atoms in total. The Morgan fingerprint density at radius 1 is 1.19 bits per heavy atom. The Kier molecular flexibility index (Phi) is 6.28. The second kappa shape index (κ2) is 9.11. The number of amides is 2. The Hall–Kier alpha value is -2.85. The zero-order valence-electron chi connectivity index (χ0n) is 17.5. The first-order valence-corrected chi connectivity index (χ1v) is 11.6. The molecule has 10 heteroatoms. The Morgan fingerprint density at radius 3 is 2.58 bits per heavy atom. The lowest BCUT2D eigenvalue weighted by molar-refractivity contribution is 0.0717. The molecule has 1 saturated heterocycles. The maximum absolute atomic E-state index is 12.8. The van der Waals surface area contributed by atoms with Crippen molar-refractivity contribution in [3.63, 3.8) is 0 Å². The van der Waals surface area contributed by atoms with Crippen molar-refractivity contribution in [3.8, 4) is 5.88 Å². The first kappa shape index (κ1) is 21.4. The summed E-state index contributed by atoms with van der Waals surface area (Å²) < 4.78 is 5.02. The molecule has 0 bridgehead atoms. The lowest BCUT2D eigenvalue weighted by atomic mass is 9.97. The quantitative estimate of drug-likeness (QED) is 0.624. The molecule has 0 saturated carbocycles. The van der Waals surface area contributed by atoms with Crippen molar-refractivity contribution in [2.45, 2.75) is 32.6 Å². The van der Waals surface area contributed by atoms with Crippen molar-refractivity contribution in [1.29, 1.82) is 0 Å². The molecular weight excluding hydrogens is 434 g/mol. The van der Waals surface area contributed by atoms with E-state index in [0.29, 0.717) is 30.4 Å². The summed E-state index contributed by atoms with van der Waals surface area (Å²) in [5, 5.41) is 6.43. The predicted octanol–water partition coefficient (Wildman–Crippen LogP) is 3.89. The van der Waals surface area contributed by atoms with Gasteiger partial charge in [-0.2, -0.15) is 0 Å². The predicted molar refractivity (Wildman–Crippen MR) is 120 cm³/mol. The molecule has 1 fully saturated rings. The second-order valence-electron chi connectivity index (χ2n) is 7.33. The Morgan fingerprint density at radius 2 is 1.97 bits per heavy atom. The number of ether oxygens (including phenoxy) is 1. The third-order valence-electron chi connectivity index (χ3n) is 5.19. The monoisotopic (exact) mass is 457 g/mol. The summed E-state index contributed by atoms with van der Waals surface area (Å²) in [7, 11) is 1.54. The molecule has 4 rings (SSSR count). The van der Waals surface area contributed by atoms with Gasteiger partial charge in [0.05, 0.1) is 34.7 Å². The van der Waals surface area contributed by atoms with E-state index < -0.39 is 0 Å². The minimum absolute atomic E-state index is 0.0638. The topological polar surface area (TPSA) is 97.3 Å². The van der Waals surface area contributed by atoms with Crippen LogP contribution in [-0.4, -0.2) is 51.9 Å². The Bertz CT molecular complexity index is 1080. The van der Waals surface area contributed by atoms with Gasteiger partial charge in [0.15, 0.2) is 0 Å². The number of hydrogen-bond acceptors (Lipinski definition) is 8. The molecule has 1 aliphatic rings. The fraction of sp³-hybridized carbons (Fsp3) is 0.381. The van der Waals surface area contributed by atoms with Crippen LogP contribution in [0, 0.1) is 13.8 Å². The zero-order chi connectivity index (χ0) is 22.0. The molecule has 0 spiro atoms. The van der Waals surface area contributed by atoms with E-state index in [9.17, 15) is 9.59 Å². The first-order chi connectivity index (χ1) is 14.9. The Labute approximate surface area is 188 Å². The molecule has 0 radical (unpaired) electrons. The molecule has 1 N–H and O–H groups in total. The van der Waals surface area contributed by atoms with Gasteiger partial charge in [0.2, 0.25) is 5.88 Å². The summed E-state index contributed by atoms with van der Waals surface area (Å²) >= 11 is 2.95. The number of rotatable bonds is 5. The number of hydrogen-bond donors (Lipinski definition) is 1. The number of aryl methyl sites for hydroxylation is 2. The standard InChI is InChI=1S/C21H23N5O3S2/c1-12-18(31-13(2)23-12)21(28)26-8-6-14(7-9-26)20-25-16(11-30-20)19(27)24-15-4-5-17(29-3)22-10-15/h4-5,10-11,14H,6-9H2,1-3H3,(H,24,27). The third-order valence-corrected chi connectivity index (χ3v) is 7.26. The lowest BCUT2D eigenvalue weighted by Gasteiger charge is -2.30. The normalized spacial score (nSPS) is 14.5. The number of piperidine rings is 1. The van der Waals surface area contributed by atoms with Crippen LogP contribution in [0.15, 0.2) is 23.7 Å². The highest BCUT2D eigenvalue weighted by atomic mass is 32.1. The number of carbonyl (C=O) groups is 2. The van der Waals surface area contributed by atoms with Gasteiger partial charge < -0.3 is 15.0 Å². The van der Waals surface area contributed by atoms with Crippen LogP contribution >= 0.6 is 22.7 Å². The number of thiazole rings is 2. The third kappa shape index (κ3) is 4.75. The first-order valence-electron chi connectivity index (χ1n) is 9.94. The van der Waals surface area contributed by atoms with Crippen LogP contribution < -0.4 is 10.1 Å². The van der Waals surface area contributed by atoms with Gasteiger partial charge in [-0.15, -0.1) is 22.7 Å². The van der Waals surface area contributed by atoms with Crippen LogP contribution in [0.2, 0.25) is 0 Å². The molecule has 31 heavy (non-hydrogen) atoms. The van der Waals surface area contributed by atoms with Crippen LogP contribution in [0.1, 0.15) is 54.6 Å². The van der Waals surface area contributed by atoms with Crippen LogP contribution in [0.25, 0.3) is 0 Å².